The van der Waals surface area contributed by atoms with E-state index in [1.165, 1.54) is 6.92 Å². The van der Waals surface area contributed by atoms with Gasteiger partial charge in [-0.1, -0.05) is 6.58 Å². The van der Waals surface area contributed by atoms with Crippen LogP contribution in [0, 0.1) is 0 Å². The lowest BCUT2D eigenvalue weighted by molar-refractivity contribution is -0.153. The summed E-state index contributed by atoms with van der Waals surface area (Å²) in [7, 11) is 0. The van der Waals surface area contributed by atoms with E-state index in [0.717, 1.165) is 6.92 Å². The Hall–Kier alpha value is -1.39. The van der Waals surface area contributed by atoms with Gasteiger partial charge >= 0.3 is 11.9 Å². The van der Waals surface area contributed by atoms with E-state index in [1.54, 1.807) is 0 Å². The molecule has 0 radical (unpaired) electrons. The SMILES string of the molecule is C=C(C)C(=O)OCCOC(=O)C(C)F. The van der Waals surface area contributed by atoms with E-state index < -0.39 is 18.1 Å². The van der Waals surface area contributed by atoms with E-state index in [4.69, 9.17) is 0 Å². The molecule has 0 aliphatic heterocycles. The average Bonchev–Trinajstić information content (AvgIpc) is 2.11. The molecule has 0 aliphatic rings. The van der Waals surface area contributed by atoms with Gasteiger partial charge in [0.1, 0.15) is 13.2 Å². The van der Waals surface area contributed by atoms with Crippen LogP contribution >= 0.6 is 0 Å². The summed E-state index contributed by atoms with van der Waals surface area (Å²) in [4.78, 5) is 21.4. The number of rotatable bonds is 5. The van der Waals surface area contributed by atoms with E-state index in [2.05, 4.69) is 16.1 Å². The minimum Gasteiger partial charge on any atom is -0.460 e. The maximum absolute atomic E-state index is 12.2. The fourth-order valence-electron chi connectivity index (χ4n) is 0.515. The van der Waals surface area contributed by atoms with Crippen molar-refractivity contribution >= 4 is 11.9 Å². The van der Waals surface area contributed by atoms with Crippen molar-refractivity contribution in [2.45, 2.75) is 20.0 Å². The van der Waals surface area contributed by atoms with Crippen molar-refractivity contribution in [3.63, 3.8) is 0 Å². The first kappa shape index (κ1) is 12.6. The van der Waals surface area contributed by atoms with Gasteiger partial charge in [-0.2, -0.15) is 0 Å². The lowest BCUT2D eigenvalue weighted by Gasteiger charge is -2.06. The van der Waals surface area contributed by atoms with Gasteiger partial charge in [-0.05, 0) is 13.8 Å². The zero-order chi connectivity index (χ0) is 11.1. The number of hydrogen-bond acceptors (Lipinski definition) is 4. The van der Waals surface area contributed by atoms with E-state index in [1.807, 2.05) is 0 Å². The van der Waals surface area contributed by atoms with Crippen LogP contribution in [0.1, 0.15) is 13.8 Å². The maximum Gasteiger partial charge on any atom is 0.340 e. The monoisotopic (exact) mass is 204 g/mol. The van der Waals surface area contributed by atoms with Gasteiger partial charge in [0, 0.05) is 5.57 Å². The Morgan fingerprint density at radius 3 is 2.29 bits per heavy atom. The van der Waals surface area contributed by atoms with Gasteiger partial charge in [-0.3, -0.25) is 0 Å². The molecular weight excluding hydrogens is 191 g/mol. The highest BCUT2D eigenvalue weighted by atomic mass is 19.1. The molecule has 0 aliphatic carbocycles. The molecule has 0 bridgehead atoms. The number of halogens is 1. The van der Waals surface area contributed by atoms with Crippen molar-refractivity contribution in [2.75, 3.05) is 13.2 Å². The first-order valence-electron chi connectivity index (χ1n) is 4.08. The summed E-state index contributed by atoms with van der Waals surface area (Å²) >= 11 is 0. The van der Waals surface area contributed by atoms with Crippen LogP contribution in [0.5, 0.6) is 0 Å². The molecule has 0 amide bonds. The van der Waals surface area contributed by atoms with E-state index in [0.29, 0.717) is 0 Å². The van der Waals surface area contributed by atoms with Crippen LogP contribution in [0.25, 0.3) is 0 Å². The third kappa shape index (κ3) is 5.29. The van der Waals surface area contributed by atoms with Crippen LogP contribution in [0.4, 0.5) is 4.39 Å². The number of alkyl halides is 1. The first-order chi connectivity index (χ1) is 6.45. The molecule has 0 fully saturated rings. The number of hydrogen-bond donors (Lipinski definition) is 0. The van der Waals surface area contributed by atoms with Crippen molar-refractivity contribution in [2.24, 2.45) is 0 Å². The van der Waals surface area contributed by atoms with E-state index >= 15 is 0 Å². The van der Waals surface area contributed by atoms with Crippen molar-refractivity contribution in [1.82, 2.24) is 0 Å². The van der Waals surface area contributed by atoms with Gasteiger partial charge in [0.25, 0.3) is 0 Å². The van der Waals surface area contributed by atoms with E-state index in [9.17, 15) is 14.0 Å². The average molecular weight is 204 g/mol. The second kappa shape index (κ2) is 6.12. The molecule has 4 nitrogen and oxygen atoms in total. The van der Waals surface area contributed by atoms with Gasteiger partial charge in [0.2, 0.25) is 0 Å². The lowest BCUT2D eigenvalue weighted by Crippen LogP contribution is -2.19. The van der Waals surface area contributed by atoms with Crippen LogP contribution in [0.15, 0.2) is 12.2 Å². The summed E-state index contributed by atoms with van der Waals surface area (Å²) in [5, 5.41) is 0. The standard InChI is InChI=1S/C9H13FO4/c1-6(2)8(11)13-4-5-14-9(12)7(3)10/h7H,1,4-5H2,2-3H3. The Bertz CT molecular complexity index is 235. The van der Waals surface area contributed by atoms with E-state index in [-0.39, 0.29) is 18.8 Å². The Kier molecular flexibility index (Phi) is 5.52. The third-order valence-corrected chi connectivity index (χ3v) is 1.23. The Morgan fingerprint density at radius 1 is 1.36 bits per heavy atom. The second-order valence-electron chi connectivity index (χ2n) is 2.70. The molecule has 0 saturated carbocycles. The number of esters is 2. The van der Waals surface area contributed by atoms with Gasteiger partial charge < -0.3 is 9.47 Å². The molecule has 0 aromatic carbocycles. The van der Waals surface area contributed by atoms with Crippen LogP contribution in [0.2, 0.25) is 0 Å². The number of carbonyl (C=O) groups excluding carboxylic acids is 2. The van der Waals surface area contributed by atoms with Gasteiger partial charge in [-0.15, -0.1) is 0 Å². The lowest BCUT2D eigenvalue weighted by atomic mass is 10.4. The predicted octanol–water partition coefficient (Wildman–Crippen LogP) is 1.01. The fraction of sp³-hybridized carbons (Fsp3) is 0.556. The highest BCUT2D eigenvalue weighted by Gasteiger charge is 2.12. The summed E-state index contributed by atoms with van der Waals surface area (Å²) in [6.07, 6.45) is -1.66. The second-order valence-corrected chi connectivity index (χ2v) is 2.70. The first-order valence-corrected chi connectivity index (χ1v) is 4.08. The molecule has 1 atom stereocenters. The van der Waals surface area contributed by atoms with Crippen molar-refractivity contribution in [1.29, 1.82) is 0 Å². The summed E-state index contributed by atoms with van der Waals surface area (Å²) in [6, 6.07) is 0. The summed E-state index contributed by atoms with van der Waals surface area (Å²) in [5.74, 6) is -1.52. The molecule has 0 aromatic heterocycles. The molecule has 0 N–H and O–H groups in total. The largest absolute Gasteiger partial charge is 0.460 e. The van der Waals surface area contributed by atoms with Crippen LogP contribution in [0.3, 0.4) is 0 Å². The minimum atomic E-state index is -1.66. The van der Waals surface area contributed by atoms with Gasteiger partial charge in [0.15, 0.2) is 6.17 Å². The zero-order valence-electron chi connectivity index (χ0n) is 8.21. The van der Waals surface area contributed by atoms with Crippen molar-refractivity contribution < 1.29 is 23.5 Å². The molecule has 5 heteroatoms. The quantitative estimate of drug-likeness (QED) is 0.381. The minimum absolute atomic E-state index is 0.0931. The molecule has 80 valence electrons. The smallest absolute Gasteiger partial charge is 0.340 e. The van der Waals surface area contributed by atoms with Crippen LogP contribution in [-0.2, 0) is 19.1 Å². The van der Waals surface area contributed by atoms with Crippen LogP contribution < -0.4 is 0 Å². The fourth-order valence-corrected chi connectivity index (χ4v) is 0.515. The number of ether oxygens (including phenoxy) is 2. The normalized spacial score (nSPS) is 11.6. The zero-order valence-corrected chi connectivity index (χ0v) is 8.21. The van der Waals surface area contributed by atoms with Gasteiger partial charge in [0.05, 0.1) is 0 Å². The highest BCUT2D eigenvalue weighted by molar-refractivity contribution is 5.86. The van der Waals surface area contributed by atoms with Crippen LogP contribution in [-0.4, -0.2) is 31.3 Å². The van der Waals surface area contributed by atoms with Crippen molar-refractivity contribution in [3.05, 3.63) is 12.2 Å². The molecule has 0 saturated heterocycles. The molecule has 0 heterocycles. The van der Waals surface area contributed by atoms with Crippen molar-refractivity contribution in [3.8, 4) is 0 Å². The summed E-state index contributed by atoms with van der Waals surface area (Å²) in [5.41, 5.74) is 0.259. The predicted molar refractivity (Wildman–Crippen MR) is 47.3 cm³/mol. The third-order valence-electron chi connectivity index (χ3n) is 1.23. The Balaban J connectivity index is 3.52. The molecule has 14 heavy (non-hydrogen) atoms. The Morgan fingerprint density at radius 2 is 1.86 bits per heavy atom. The summed E-state index contributed by atoms with van der Waals surface area (Å²) < 4.78 is 21.2. The maximum atomic E-state index is 12.2. The molecular formula is C9H13FO4. The number of carbonyl (C=O) groups is 2. The molecule has 0 spiro atoms. The van der Waals surface area contributed by atoms with Gasteiger partial charge in [-0.25, -0.2) is 14.0 Å². The molecule has 0 rings (SSSR count). The Labute approximate surface area is 81.7 Å². The molecule has 1 unspecified atom stereocenters. The summed E-state index contributed by atoms with van der Waals surface area (Å²) in [6.45, 7) is 5.68. The molecule has 0 aromatic rings. The topological polar surface area (TPSA) is 52.6 Å². The highest BCUT2D eigenvalue weighted by Crippen LogP contribution is 1.94.